The number of halogens is 7. The van der Waals surface area contributed by atoms with Crippen molar-refractivity contribution in [1.82, 2.24) is 29.7 Å². The number of hydrogen-bond acceptors (Lipinski definition) is 12. The fraction of sp³-hybridized carbons (Fsp3) is 0.375. The molecule has 0 bridgehead atoms. The van der Waals surface area contributed by atoms with Gasteiger partial charge in [-0.25, -0.2) is 47.1 Å². The number of benzene rings is 4. The summed E-state index contributed by atoms with van der Waals surface area (Å²) < 4.78 is 78.3. The van der Waals surface area contributed by atoms with Crippen molar-refractivity contribution in [2.45, 2.75) is 52.7 Å². The Morgan fingerprint density at radius 1 is 0.594 bits per heavy atom. The van der Waals surface area contributed by atoms with Gasteiger partial charge >= 0.3 is 12.2 Å². The summed E-state index contributed by atoms with van der Waals surface area (Å²) >= 11 is 15.5. The summed E-state index contributed by atoms with van der Waals surface area (Å²) in [5.74, 6) is -0.420. The number of anilines is 2. The van der Waals surface area contributed by atoms with E-state index < -0.39 is 28.7 Å². The van der Waals surface area contributed by atoms with Crippen LogP contribution >= 0.6 is 39.1 Å². The van der Waals surface area contributed by atoms with Crippen LogP contribution in [-0.2, 0) is 9.47 Å². The van der Waals surface area contributed by atoms with Crippen molar-refractivity contribution in [2.24, 2.45) is 0 Å². The van der Waals surface area contributed by atoms with E-state index in [1.54, 1.807) is 28.0 Å². The Morgan fingerprint density at radius 3 is 1.54 bits per heavy atom. The lowest BCUT2D eigenvalue weighted by molar-refractivity contribution is 0.0230. The fourth-order valence-electron chi connectivity index (χ4n) is 7.34. The van der Waals surface area contributed by atoms with E-state index in [4.69, 9.17) is 42.1 Å². The van der Waals surface area contributed by atoms with Crippen LogP contribution in [0.25, 0.3) is 32.9 Å². The van der Waals surface area contributed by atoms with E-state index in [1.165, 1.54) is 63.3 Å². The minimum absolute atomic E-state index is 0.0110. The zero-order chi connectivity index (χ0) is 50.4. The van der Waals surface area contributed by atoms with Crippen molar-refractivity contribution >= 4 is 84.8 Å². The highest BCUT2D eigenvalue weighted by Gasteiger charge is 2.30. The molecule has 4 aromatic carbocycles. The molecule has 4 heterocycles. The summed E-state index contributed by atoms with van der Waals surface area (Å²) in [6.07, 6.45) is 1.90. The number of methoxy groups -OCH3 is 2. The van der Waals surface area contributed by atoms with Crippen LogP contribution in [0.1, 0.15) is 41.5 Å². The minimum Gasteiger partial charge on any atom is -0.496 e. The van der Waals surface area contributed by atoms with Crippen LogP contribution in [0, 0.1) is 23.3 Å². The summed E-state index contributed by atoms with van der Waals surface area (Å²) in [6, 6.07) is 13.3. The van der Waals surface area contributed by atoms with Crippen LogP contribution in [0.5, 0.6) is 11.5 Å². The van der Waals surface area contributed by atoms with E-state index >= 15 is 4.39 Å². The van der Waals surface area contributed by atoms with Gasteiger partial charge in [0.2, 0.25) is 0 Å². The number of piperazine rings is 2. The van der Waals surface area contributed by atoms with E-state index in [-0.39, 0.29) is 50.9 Å². The van der Waals surface area contributed by atoms with Crippen molar-refractivity contribution in [3.05, 3.63) is 105 Å². The third-order valence-electron chi connectivity index (χ3n) is 10.5. The number of nitrogens with zero attached hydrogens (tertiary/aromatic N) is 8. The normalized spacial score (nSPS) is 14.1. The topological polar surface area (TPSA) is 136 Å². The predicted octanol–water partition coefficient (Wildman–Crippen LogP) is 11.4. The molecule has 2 saturated heterocycles. The Hall–Kier alpha value is -5.92. The predicted molar refractivity (Wildman–Crippen MR) is 262 cm³/mol. The van der Waals surface area contributed by atoms with Crippen molar-refractivity contribution < 1.29 is 46.1 Å². The second-order valence-corrected chi connectivity index (χ2v) is 19.2. The average molecular weight is 1060 g/mol. The van der Waals surface area contributed by atoms with Gasteiger partial charge in [-0.3, -0.25) is 0 Å². The molecule has 2 fully saturated rings. The lowest BCUT2D eigenvalue weighted by Crippen LogP contribution is -2.50. The molecule has 0 N–H and O–H groups in total. The Labute approximate surface area is 415 Å². The van der Waals surface area contributed by atoms with Crippen molar-refractivity contribution in [1.29, 1.82) is 0 Å². The molecule has 2 aliphatic rings. The van der Waals surface area contributed by atoms with E-state index in [9.17, 15) is 22.8 Å². The largest absolute Gasteiger partial charge is 0.496 e. The molecule has 2 aliphatic heterocycles. The molecular formula is C48H51BrCl2F4N8O6. The number of hydrogen-bond donors (Lipinski definition) is 0. The first kappa shape index (κ1) is 52.5. The standard InChI is InChI=1S/C24H25ClF2N4O3.C17H20ClFN4O2.C7H6BrFO/c1-24(2,3)34-23(32)31-10-8-30(9-11-31)22-14-12-15(25)18(20(27)21(14)28-13-29-22)19-16(26)6-5-7-17(19)33-4;1-17(2,3)25-16(24)23-6-4-22(5-7-23)15-12-8-11(18)9-13(19)14(12)20-10-21-15;1-10-6-4-2-3-5(9)7(6)8/h5-7,12-13H,8-11H2,1-4H3;8-10H,4-7H2,1-3H3;2-4H,1H3. The minimum atomic E-state index is -0.762. The maximum absolute atomic E-state index is 15.7. The number of carbonyl (C=O) groups excluding carboxylic acids is 2. The molecule has 8 rings (SSSR count). The van der Waals surface area contributed by atoms with Crippen LogP contribution in [-0.4, -0.2) is 120 Å². The molecule has 14 nitrogen and oxygen atoms in total. The number of fused-ring (bicyclic) bond motifs is 2. The molecule has 0 aliphatic carbocycles. The van der Waals surface area contributed by atoms with Crippen LogP contribution in [0.2, 0.25) is 10.0 Å². The van der Waals surface area contributed by atoms with Gasteiger partial charge < -0.3 is 38.5 Å². The van der Waals surface area contributed by atoms with Crippen LogP contribution in [0.15, 0.2) is 71.7 Å². The van der Waals surface area contributed by atoms with E-state index in [1.807, 2.05) is 51.3 Å². The Bertz CT molecular complexity index is 2820. The molecule has 0 spiro atoms. The molecule has 21 heteroatoms. The summed E-state index contributed by atoms with van der Waals surface area (Å²) in [5.41, 5.74) is -1.03. The van der Waals surface area contributed by atoms with E-state index in [0.717, 1.165) is 0 Å². The Balaban J connectivity index is 0.000000195. The Morgan fingerprint density at radius 2 is 1.06 bits per heavy atom. The zero-order valence-corrected chi connectivity index (χ0v) is 42.3. The van der Waals surface area contributed by atoms with E-state index in [2.05, 4.69) is 35.9 Å². The zero-order valence-electron chi connectivity index (χ0n) is 39.2. The van der Waals surface area contributed by atoms with Gasteiger partial charge in [-0.05, 0) is 99.9 Å². The molecule has 0 radical (unpaired) electrons. The molecule has 0 unspecified atom stereocenters. The number of aromatic nitrogens is 4. The summed E-state index contributed by atoms with van der Waals surface area (Å²) in [7, 11) is 2.88. The lowest BCUT2D eigenvalue weighted by atomic mass is 10.0. The van der Waals surface area contributed by atoms with Gasteiger partial charge in [-0.15, -0.1) is 0 Å². The van der Waals surface area contributed by atoms with E-state index in [0.29, 0.717) is 90.0 Å². The van der Waals surface area contributed by atoms with Gasteiger partial charge in [-0.1, -0.05) is 35.3 Å². The van der Waals surface area contributed by atoms with Gasteiger partial charge in [0.1, 0.15) is 69.7 Å². The van der Waals surface area contributed by atoms with Crippen LogP contribution in [0.3, 0.4) is 0 Å². The first-order chi connectivity index (χ1) is 32.6. The van der Waals surface area contributed by atoms with Crippen molar-refractivity contribution in [2.75, 3.05) is 76.4 Å². The van der Waals surface area contributed by atoms with Gasteiger partial charge in [-0.2, -0.15) is 0 Å². The smallest absolute Gasteiger partial charge is 0.410 e. The third kappa shape index (κ3) is 12.8. The van der Waals surface area contributed by atoms with Gasteiger partial charge in [0.25, 0.3) is 0 Å². The first-order valence-corrected chi connectivity index (χ1v) is 23.1. The molecule has 2 amide bonds. The first-order valence-electron chi connectivity index (χ1n) is 21.6. The van der Waals surface area contributed by atoms with Gasteiger partial charge in [0, 0.05) is 73.7 Å². The van der Waals surface area contributed by atoms with Crippen LogP contribution < -0.4 is 19.3 Å². The van der Waals surface area contributed by atoms with Crippen LogP contribution in [0.4, 0.5) is 38.8 Å². The number of ether oxygens (including phenoxy) is 4. The van der Waals surface area contributed by atoms with Crippen molar-refractivity contribution in [3.63, 3.8) is 0 Å². The molecule has 0 atom stereocenters. The van der Waals surface area contributed by atoms with Gasteiger partial charge in [0.15, 0.2) is 11.6 Å². The highest BCUT2D eigenvalue weighted by molar-refractivity contribution is 9.10. The molecule has 6 aromatic rings. The Kier molecular flexibility index (Phi) is 16.9. The number of amides is 2. The fourth-order valence-corrected chi connectivity index (χ4v) is 8.26. The molecule has 2 aromatic heterocycles. The third-order valence-corrected chi connectivity index (χ3v) is 11.8. The molecular weight excluding hydrogens is 1010 g/mol. The molecule has 69 heavy (non-hydrogen) atoms. The highest BCUT2D eigenvalue weighted by atomic mass is 79.9. The van der Waals surface area contributed by atoms with Crippen molar-refractivity contribution in [3.8, 4) is 22.6 Å². The molecule has 368 valence electrons. The SMILES string of the molecule is CC(C)(C)OC(=O)N1CCN(c2ncnc3c(F)cc(Cl)cc23)CC1.COc1cccc(F)c1-c1c(Cl)cc2c(N3CCN(C(=O)OC(C)(C)C)CC3)ncnc2c1F.COc1cccc(F)c1Br. The van der Waals surface area contributed by atoms with Gasteiger partial charge in [0.05, 0.1) is 29.3 Å². The second kappa shape index (κ2) is 22.2. The summed E-state index contributed by atoms with van der Waals surface area (Å²) in [4.78, 5) is 48.5. The number of rotatable bonds is 5. The quantitative estimate of drug-likeness (QED) is 0.152. The highest BCUT2D eigenvalue weighted by Crippen LogP contribution is 2.42. The monoisotopic (exact) mass is 1060 g/mol. The molecule has 0 saturated carbocycles. The maximum Gasteiger partial charge on any atom is 0.410 e. The maximum atomic E-state index is 15.7. The average Bonchev–Trinajstić information content (AvgIpc) is 3.29. The number of carbonyl (C=O) groups is 2. The second-order valence-electron chi connectivity index (χ2n) is 17.6. The summed E-state index contributed by atoms with van der Waals surface area (Å²) in [5, 5.41) is 1.28. The summed E-state index contributed by atoms with van der Waals surface area (Å²) in [6.45, 7) is 14.9. The lowest BCUT2D eigenvalue weighted by Gasteiger charge is -2.36.